The van der Waals surface area contributed by atoms with Gasteiger partial charge in [-0.2, -0.15) is 0 Å². The summed E-state index contributed by atoms with van der Waals surface area (Å²) in [5.41, 5.74) is 7.73. The van der Waals surface area contributed by atoms with Gasteiger partial charge < -0.3 is 15.8 Å². The van der Waals surface area contributed by atoms with Crippen molar-refractivity contribution in [2.75, 3.05) is 23.4 Å². The van der Waals surface area contributed by atoms with Crippen molar-refractivity contribution in [2.24, 2.45) is 0 Å². The number of nitrogens with one attached hydrogen (secondary N) is 1. The lowest BCUT2D eigenvalue weighted by Crippen LogP contribution is -2.27. The number of anilines is 2. The Labute approximate surface area is 182 Å². The normalized spacial score (nSPS) is 11.8. The van der Waals surface area contributed by atoms with Gasteiger partial charge in [0.2, 0.25) is 11.9 Å². The summed E-state index contributed by atoms with van der Waals surface area (Å²) in [7, 11) is 0. The summed E-state index contributed by atoms with van der Waals surface area (Å²) >= 11 is 2.47. The molecule has 2 heterocycles. The molecule has 0 bridgehead atoms. The summed E-state index contributed by atoms with van der Waals surface area (Å²) in [4.78, 5) is 29.1. The number of carbonyl (C=O) groups is 2. The Morgan fingerprint density at radius 3 is 2.73 bits per heavy atom. The van der Waals surface area contributed by atoms with E-state index in [9.17, 15) is 9.59 Å². The topological polar surface area (TPSA) is 125 Å². The maximum absolute atomic E-state index is 13.0. The second-order valence-corrected chi connectivity index (χ2v) is 7.92. The van der Waals surface area contributed by atoms with Gasteiger partial charge in [-0.05, 0) is 13.3 Å². The smallest absolute Gasteiger partial charge is 0.316 e. The zero-order valence-corrected chi connectivity index (χ0v) is 18.2. The number of hydrogen-bond acceptors (Lipinski definition) is 9. The van der Waals surface area contributed by atoms with Gasteiger partial charge in [0, 0.05) is 10.9 Å². The highest BCUT2D eigenvalue weighted by atomic mass is 32.2. The fourth-order valence-electron chi connectivity index (χ4n) is 2.75. The van der Waals surface area contributed by atoms with Gasteiger partial charge in [-0.15, -0.1) is 21.5 Å². The number of aromatic nitrogens is 4. The molecule has 0 saturated carbocycles. The number of thioether (sulfide) groups is 1. The molecule has 0 aliphatic rings. The maximum atomic E-state index is 13.0. The van der Waals surface area contributed by atoms with Crippen LogP contribution in [0, 0.1) is 0 Å². The molecule has 1 atom stereocenters. The van der Waals surface area contributed by atoms with Crippen LogP contribution in [0.1, 0.15) is 26.3 Å². The highest BCUT2D eigenvalue weighted by Gasteiger charge is 2.26. The van der Waals surface area contributed by atoms with E-state index in [0.717, 1.165) is 23.0 Å². The van der Waals surface area contributed by atoms with E-state index in [1.165, 1.54) is 15.9 Å². The third kappa shape index (κ3) is 5.16. The van der Waals surface area contributed by atoms with Crippen molar-refractivity contribution in [1.29, 1.82) is 0 Å². The standard InChI is InChI=1S/C19H22N6O3S2/c1-3-14(25-17(20)23-24-19(25)30-11-15(26)28-4-2)16(27)22-18-21-13(10-29-18)12-8-6-5-7-9-12/h5-10,14H,3-4,11H2,1-2H3,(H2,20,23)(H,21,22,27). The average molecular weight is 447 g/mol. The number of rotatable bonds is 9. The number of thiazole rings is 1. The Balaban J connectivity index is 1.73. The molecule has 30 heavy (non-hydrogen) atoms. The first-order valence-corrected chi connectivity index (χ1v) is 11.2. The van der Waals surface area contributed by atoms with E-state index in [2.05, 4.69) is 20.5 Å². The van der Waals surface area contributed by atoms with Crippen LogP contribution < -0.4 is 11.1 Å². The van der Waals surface area contributed by atoms with Crippen LogP contribution in [0.15, 0.2) is 40.9 Å². The summed E-state index contributed by atoms with van der Waals surface area (Å²) in [6.45, 7) is 3.90. The first kappa shape index (κ1) is 21.8. The molecule has 3 N–H and O–H groups in total. The van der Waals surface area contributed by atoms with E-state index in [4.69, 9.17) is 10.5 Å². The summed E-state index contributed by atoms with van der Waals surface area (Å²) in [6.07, 6.45) is 0.456. The van der Waals surface area contributed by atoms with Gasteiger partial charge in [0.05, 0.1) is 18.1 Å². The van der Waals surface area contributed by atoms with E-state index >= 15 is 0 Å². The van der Waals surface area contributed by atoms with Crippen molar-refractivity contribution in [3.8, 4) is 11.3 Å². The van der Waals surface area contributed by atoms with Gasteiger partial charge in [0.1, 0.15) is 6.04 Å². The number of amides is 1. The lowest BCUT2D eigenvalue weighted by molar-refractivity contribution is -0.139. The third-order valence-corrected chi connectivity index (χ3v) is 5.79. The zero-order valence-electron chi connectivity index (χ0n) is 16.6. The minimum atomic E-state index is -0.645. The number of esters is 1. The van der Waals surface area contributed by atoms with Crippen LogP contribution in [0.25, 0.3) is 11.3 Å². The molecule has 1 aromatic carbocycles. The molecular weight excluding hydrogens is 424 g/mol. The molecule has 0 saturated heterocycles. The fraction of sp³-hybridized carbons (Fsp3) is 0.316. The predicted molar refractivity (Wildman–Crippen MR) is 117 cm³/mol. The van der Waals surface area contributed by atoms with Crippen molar-refractivity contribution >= 4 is 46.1 Å². The van der Waals surface area contributed by atoms with E-state index in [0.29, 0.717) is 23.3 Å². The molecule has 0 aliphatic carbocycles. The van der Waals surface area contributed by atoms with Crippen LogP contribution in [-0.2, 0) is 14.3 Å². The maximum Gasteiger partial charge on any atom is 0.316 e. The second kappa shape index (κ2) is 10.2. The number of nitrogens with two attached hydrogens (primary N) is 1. The lowest BCUT2D eigenvalue weighted by atomic mass is 10.2. The van der Waals surface area contributed by atoms with Gasteiger partial charge in [-0.3, -0.25) is 14.2 Å². The van der Waals surface area contributed by atoms with Crippen LogP contribution in [0.5, 0.6) is 0 Å². The number of ether oxygens (including phenoxy) is 1. The zero-order chi connectivity index (χ0) is 21.5. The molecule has 3 aromatic rings. The van der Waals surface area contributed by atoms with Gasteiger partial charge >= 0.3 is 5.97 Å². The van der Waals surface area contributed by atoms with Crippen molar-refractivity contribution < 1.29 is 14.3 Å². The summed E-state index contributed by atoms with van der Waals surface area (Å²) < 4.78 is 6.46. The monoisotopic (exact) mass is 446 g/mol. The van der Waals surface area contributed by atoms with Crippen molar-refractivity contribution in [2.45, 2.75) is 31.5 Å². The molecule has 3 rings (SSSR count). The molecule has 0 fully saturated rings. The quantitative estimate of drug-likeness (QED) is 0.379. The third-order valence-electron chi connectivity index (χ3n) is 4.12. The molecule has 0 radical (unpaired) electrons. The molecule has 2 aromatic heterocycles. The molecular formula is C19H22N6O3S2. The Bertz CT molecular complexity index is 1000. The second-order valence-electron chi connectivity index (χ2n) is 6.12. The number of hydrogen-bond donors (Lipinski definition) is 2. The highest BCUT2D eigenvalue weighted by Crippen LogP contribution is 2.28. The lowest BCUT2D eigenvalue weighted by Gasteiger charge is -2.18. The Morgan fingerprint density at radius 2 is 2.03 bits per heavy atom. The van der Waals surface area contributed by atoms with Crippen LogP contribution in [-0.4, -0.2) is 44.0 Å². The van der Waals surface area contributed by atoms with Gasteiger partial charge in [-0.1, -0.05) is 49.0 Å². The average Bonchev–Trinajstić information content (AvgIpc) is 3.35. The predicted octanol–water partition coefficient (Wildman–Crippen LogP) is 3.23. The molecule has 11 heteroatoms. The molecule has 0 aliphatic heterocycles. The van der Waals surface area contributed by atoms with Crippen LogP contribution in [0.2, 0.25) is 0 Å². The van der Waals surface area contributed by atoms with E-state index < -0.39 is 6.04 Å². The molecule has 1 unspecified atom stereocenters. The highest BCUT2D eigenvalue weighted by molar-refractivity contribution is 7.99. The Morgan fingerprint density at radius 1 is 1.27 bits per heavy atom. The van der Waals surface area contributed by atoms with Crippen molar-refractivity contribution in [1.82, 2.24) is 19.7 Å². The fourth-order valence-corrected chi connectivity index (χ4v) is 4.26. The minimum Gasteiger partial charge on any atom is -0.465 e. The first-order chi connectivity index (χ1) is 14.5. The van der Waals surface area contributed by atoms with Gasteiger partial charge in [0.25, 0.3) is 0 Å². The molecule has 9 nitrogen and oxygen atoms in total. The van der Waals surface area contributed by atoms with E-state index in [1.54, 1.807) is 6.92 Å². The van der Waals surface area contributed by atoms with Crippen LogP contribution in [0.3, 0.4) is 0 Å². The van der Waals surface area contributed by atoms with Crippen LogP contribution in [0.4, 0.5) is 11.1 Å². The molecule has 0 spiro atoms. The Kier molecular flexibility index (Phi) is 7.41. The Hall–Kier alpha value is -2.92. The van der Waals surface area contributed by atoms with Crippen LogP contribution >= 0.6 is 23.1 Å². The number of nitrogen functional groups attached to an aromatic ring is 1. The number of carbonyl (C=O) groups excluding carboxylic acids is 2. The van der Waals surface area contributed by atoms with E-state index in [-0.39, 0.29) is 23.6 Å². The molecule has 1 amide bonds. The minimum absolute atomic E-state index is 0.0525. The molecule has 158 valence electrons. The number of benzene rings is 1. The SMILES string of the molecule is CCOC(=O)CSc1nnc(N)n1C(CC)C(=O)Nc1nc(-c2ccccc2)cs1. The first-order valence-electron chi connectivity index (χ1n) is 9.34. The van der Waals surface area contributed by atoms with Gasteiger partial charge in [-0.25, -0.2) is 4.98 Å². The number of nitrogens with zero attached hydrogens (tertiary/aromatic N) is 4. The largest absolute Gasteiger partial charge is 0.465 e. The van der Waals surface area contributed by atoms with Gasteiger partial charge in [0.15, 0.2) is 10.3 Å². The van der Waals surface area contributed by atoms with Crippen molar-refractivity contribution in [3.05, 3.63) is 35.7 Å². The summed E-state index contributed by atoms with van der Waals surface area (Å²) in [6, 6.07) is 9.08. The summed E-state index contributed by atoms with van der Waals surface area (Å²) in [5.74, 6) is -0.496. The van der Waals surface area contributed by atoms with E-state index in [1.807, 2.05) is 42.6 Å². The van der Waals surface area contributed by atoms with Crippen molar-refractivity contribution in [3.63, 3.8) is 0 Å². The summed E-state index contributed by atoms with van der Waals surface area (Å²) in [5, 5.41) is 13.5.